The maximum absolute atomic E-state index is 14.8. The first kappa shape index (κ1) is 29.4. The Hall–Kier alpha value is -6.68. The van der Waals surface area contributed by atoms with E-state index in [4.69, 9.17) is 14.9 Å². The van der Waals surface area contributed by atoms with E-state index < -0.39 is 104 Å². The highest BCUT2D eigenvalue weighted by Crippen LogP contribution is 2.34. The molecule has 46 heavy (non-hydrogen) atoms. The van der Waals surface area contributed by atoms with Gasteiger partial charge in [0, 0.05) is 5.56 Å². The van der Waals surface area contributed by atoms with E-state index >= 15 is 0 Å². The van der Waals surface area contributed by atoms with E-state index in [-0.39, 0.29) is 22.1 Å². The van der Waals surface area contributed by atoms with Crippen molar-refractivity contribution in [2.24, 2.45) is 9.98 Å². The van der Waals surface area contributed by atoms with E-state index in [0.717, 1.165) is 6.07 Å². The van der Waals surface area contributed by atoms with Crippen LogP contribution in [0.2, 0.25) is 0 Å². The molecular formula is C27H2F9N9O. The average Bonchev–Trinajstić information content (AvgIpc) is 3.70. The maximum Gasteiger partial charge on any atom is 0.266 e. The molecule has 6 rings (SSSR count). The van der Waals surface area contributed by atoms with Gasteiger partial charge in [0.05, 0.1) is 16.5 Å². The molecule has 0 unspecified atom stereocenters. The van der Waals surface area contributed by atoms with Crippen molar-refractivity contribution in [3.63, 3.8) is 0 Å². The number of hydrogen-bond acceptors (Lipinski definition) is 10. The molecule has 3 heterocycles. The van der Waals surface area contributed by atoms with Crippen molar-refractivity contribution in [2.45, 2.75) is 0 Å². The van der Waals surface area contributed by atoms with E-state index in [0.29, 0.717) is 0 Å². The molecule has 19 heteroatoms. The van der Waals surface area contributed by atoms with E-state index in [1.807, 2.05) is 0 Å². The molecular weight excluding hydrogens is 637 g/mol. The van der Waals surface area contributed by atoms with E-state index in [9.17, 15) is 44.8 Å². The fourth-order valence-corrected chi connectivity index (χ4v) is 4.18. The van der Waals surface area contributed by atoms with E-state index in [2.05, 4.69) is 29.9 Å². The second-order valence-corrected chi connectivity index (χ2v) is 8.82. The van der Waals surface area contributed by atoms with E-state index in [1.54, 1.807) is 18.2 Å². The van der Waals surface area contributed by atoms with Crippen LogP contribution in [0.5, 0.6) is 0 Å². The number of nitriles is 3. The fraction of sp³-hybridized carbons (Fsp3) is 0. The van der Waals surface area contributed by atoms with Crippen molar-refractivity contribution in [2.75, 3.05) is 0 Å². The van der Waals surface area contributed by atoms with Crippen LogP contribution < -0.4 is 10.7 Å². The zero-order valence-corrected chi connectivity index (χ0v) is 21.5. The molecule has 0 amide bonds. The van der Waals surface area contributed by atoms with Crippen molar-refractivity contribution in [1.82, 2.24) is 19.9 Å². The summed E-state index contributed by atoms with van der Waals surface area (Å²) in [6, 6.07) is 7.08. The number of allylic oxidation sites excluding steroid dienone is 1. The molecule has 5 aromatic rings. The monoisotopic (exact) mass is 639 g/mol. The van der Waals surface area contributed by atoms with Crippen LogP contribution in [0.1, 0.15) is 5.56 Å². The third-order valence-electron chi connectivity index (χ3n) is 6.27. The molecule has 1 aliphatic heterocycles. The summed E-state index contributed by atoms with van der Waals surface area (Å²) in [7, 11) is 0. The molecule has 0 N–H and O–H groups in total. The third kappa shape index (κ3) is 4.20. The highest BCUT2D eigenvalue weighted by molar-refractivity contribution is 5.77. The minimum absolute atomic E-state index is 0.0403. The maximum atomic E-state index is 14.8. The summed E-state index contributed by atoms with van der Waals surface area (Å²) in [6.07, 6.45) is 0. The highest BCUT2D eigenvalue weighted by atomic mass is 19.2. The number of benzene rings is 3. The number of halogens is 9. The van der Waals surface area contributed by atoms with E-state index in [1.165, 1.54) is 6.07 Å². The third-order valence-corrected chi connectivity index (χ3v) is 6.27. The van der Waals surface area contributed by atoms with Crippen LogP contribution in [0.3, 0.4) is 0 Å². The second kappa shape index (κ2) is 10.5. The minimum Gasteiger partial charge on any atom is -0.430 e. The van der Waals surface area contributed by atoms with Gasteiger partial charge in [-0.3, -0.25) is 0 Å². The molecule has 1 aliphatic rings. The highest BCUT2D eigenvalue weighted by Gasteiger charge is 2.31. The van der Waals surface area contributed by atoms with Crippen molar-refractivity contribution < 1.29 is 43.9 Å². The quantitative estimate of drug-likeness (QED) is 0.119. The zero-order valence-electron chi connectivity index (χ0n) is 21.5. The van der Waals surface area contributed by atoms with Gasteiger partial charge in [-0.25, -0.2) is 65.0 Å². The number of nitrogens with zero attached hydrogens (tertiary/aromatic N) is 9. The fourth-order valence-electron chi connectivity index (χ4n) is 4.18. The Bertz CT molecular complexity index is 2440. The van der Waals surface area contributed by atoms with Crippen LogP contribution in [0.15, 0.2) is 37.9 Å². The standard InChI is InChI=1S/C27H2F9N9O/c28-11-10(12(29)14(31)15(32)13(11)30)25-43-24(7-1-2-9-20(8(7)5-39)41-23(40-9)6(3-37)4-38)44-26(45-25)27-42-21-18(35)16(33)17(34)19(36)22(21)46-27/h1-2H. The molecule has 0 saturated heterocycles. The summed E-state index contributed by atoms with van der Waals surface area (Å²) in [6.45, 7) is 0. The average molecular weight is 639 g/mol. The number of rotatable bonds is 3. The summed E-state index contributed by atoms with van der Waals surface area (Å²) in [5, 5.41) is 27.9. The predicted molar refractivity (Wildman–Crippen MR) is 129 cm³/mol. The summed E-state index contributed by atoms with van der Waals surface area (Å²) < 4.78 is 133. The Morgan fingerprint density at radius 3 is 1.80 bits per heavy atom. The van der Waals surface area contributed by atoms with Crippen molar-refractivity contribution in [1.29, 1.82) is 15.8 Å². The number of oxazole rings is 1. The Morgan fingerprint density at radius 1 is 0.609 bits per heavy atom. The Kier molecular flexibility index (Phi) is 6.70. The number of aromatic nitrogens is 4. The Balaban J connectivity index is 1.70. The van der Waals surface area contributed by atoms with Gasteiger partial charge in [0.2, 0.25) is 23.3 Å². The first-order valence-corrected chi connectivity index (χ1v) is 11.9. The summed E-state index contributed by atoms with van der Waals surface area (Å²) >= 11 is 0. The zero-order chi connectivity index (χ0) is 33.2. The van der Waals surface area contributed by atoms with Gasteiger partial charge in [-0.1, -0.05) is 0 Å². The van der Waals surface area contributed by atoms with Crippen molar-refractivity contribution in [3.8, 4) is 52.7 Å². The van der Waals surface area contributed by atoms with Crippen LogP contribution >= 0.6 is 0 Å². The summed E-state index contributed by atoms with van der Waals surface area (Å²) in [5.41, 5.74) is -5.62. The lowest BCUT2D eigenvalue weighted by Crippen LogP contribution is -2.25. The van der Waals surface area contributed by atoms with Crippen LogP contribution in [0.4, 0.5) is 39.5 Å². The summed E-state index contributed by atoms with van der Waals surface area (Å²) in [4.78, 5) is 22.6. The topological polar surface area (TPSA) is 161 Å². The van der Waals surface area contributed by atoms with Gasteiger partial charge in [-0.2, -0.15) is 20.2 Å². The smallest absolute Gasteiger partial charge is 0.266 e. The molecule has 10 nitrogen and oxygen atoms in total. The Labute approximate surface area is 246 Å². The van der Waals surface area contributed by atoms with Gasteiger partial charge >= 0.3 is 0 Å². The van der Waals surface area contributed by atoms with Gasteiger partial charge in [0.15, 0.2) is 69.0 Å². The lowest BCUT2D eigenvalue weighted by molar-refractivity contribution is 0.381. The molecule has 0 aliphatic carbocycles. The molecule has 0 fully saturated rings. The molecule has 0 saturated carbocycles. The van der Waals surface area contributed by atoms with Gasteiger partial charge in [-0.05, 0) is 12.1 Å². The molecule has 0 radical (unpaired) electrons. The lowest BCUT2D eigenvalue weighted by Gasteiger charge is -2.10. The Morgan fingerprint density at radius 2 is 1.17 bits per heavy atom. The molecule has 2 aromatic heterocycles. The van der Waals surface area contributed by atoms with Crippen LogP contribution in [0, 0.1) is 86.3 Å². The number of hydrogen-bond donors (Lipinski definition) is 0. The number of fused-ring (bicyclic) bond motifs is 2. The van der Waals surface area contributed by atoms with Gasteiger partial charge in [0.25, 0.3) is 5.89 Å². The minimum atomic E-state index is -2.53. The van der Waals surface area contributed by atoms with Crippen LogP contribution in [-0.4, -0.2) is 19.9 Å². The van der Waals surface area contributed by atoms with Crippen LogP contribution in [0.25, 0.3) is 45.6 Å². The van der Waals surface area contributed by atoms with Crippen molar-refractivity contribution >= 4 is 11.1 Å². The molecule has 224 valence electrons. The normalized spacial score (nSPS) is 11.8. The largest absolute Gasteiger partial charge is 0.430 e. The predicted octanol–water partition coefficient (Wildman–Crippen LogP) is 4.65. The molecule has 0 atom stereocenters. The van der Waals surface area contributed by atoms with Gasteiger partial charge < -0.3 is 4.42 Å². The first-order chi connectivity index (χ1) is 21.9. The summed E-state index contributed by atoms with van der Waals surface area (Å²) in [5.74, 6) is -25.4. The lowest BCUT2D eigenvalue weighted by atomic mass is 10.1. The second-order valence-electron chi connectivity index (χ2n) is 8.82. The van der Waals surface area contributed by atoms with Crippen molar-refractivity contribution in [3.05, 3.63) is 92.2 Å². The van der Waals surface area contributed by atoms with Gasteiger partial charge in [0.1, 0.15) is 23.6 Å². The molecule has 0 bridgehead atoms. The first-order valence-electron chi connectivity index (χ1n) is 11.9. The van der Waals surface area contributed by atoms with Gasteiger partial charge in [-0.15, -0.1) is 0 Å². The SMILES string of the molecule is N#CC(C#N)=C1N=c2ccc(-c3nc(-c4nc5c(F)c(F)c(F)c(F)c5o4)nc(-c4c(F)c(F)c(F)c(F)c4F)n3)c(C#N)c2=N1. The van der Waals surface area contributed by atoms with Crippen LogP contribution in [-0.2, 0) is 0 Å². The molecule has 0 spiro atoms. The molecule has 3 aromatic carbocycles.